The molecule has 0 unspecified atom stereocenters. The highest BCUT2D eigenvalue weighted by molar-refractivity contribution is 6.32. The summed E-state index contributed by atoms with van der Waals surface area (Å²) in [7, 11) is 3.50. The van der Waals surface area contributed by atoms with Crippen LogP contribution in [0.1, 0.15) is 11.1 Å². The van der Waals surface area contributed by atoms with E-state index in [1.54, 1.807) is 7.11 Å². The molecule has 3 nitrogen and oxygen atoms in total. The van der Waals surface area contributed by atoms with Gasteiger partial charge >= 0.3 is 0 Å². The van der Waals surface area contributed by atoms with Gasteiger partial charge in [-0.3, -0.25) is 0 Å². The molecule has 0 saturated carbocycles. The first-order chi connectivity index (χ1) is 9.74. The van der Waals surface area contributed by atoms with Gasteiger partial charge in [0.05, 0.1) is 12.1 Å². The van der Waals surface area contributed by atoms with Gasteiger partial charge in [-0.2, -0.15) is 0 Å². The lowest BCUT2D eigenvalue weighted by Crippen LogP contribution is -2.06. The zero-order valence-corrected chi connectivity index (χ0v) is 13.6. The Morgan fingerprint density at radius 3 is 2.43 bits per heavy atom. The Bertz CT molecular complexity index is 562. The maximum absolute atomic E-state index is 6.28. The smallest absolute Gasteiger partial charge is 0.180 e. The summed E-state index contributed by atoms with van der Waals surface area (Å²) in [5.41, 5.74) is 2.14. The minimum atomic E-state index is 0. The van der Waals surface area contributed by atoms with Gasteiger partial charge < -0.3 is 14.8 Å². The standard InChI is InChI=1S/C16H18ClNO2.ClH/c1-18-10-13-8-14(17)16(15(9-13)19-2)20-11-12-6-4-3-5-7-12;/h3-9,18H,10-11H2,1-2H3;1H. The Balaban J connectivity index is 0.00000220. The van der Waals surface area contributed by atoms with Crippen LogP contribution < -0.4 is 14.8 Å². The Hall–Kier alpha value is -1.42. The first kappa shape index (κ1) is 17.6. The molecule has 0 aliphatic rings. The average Bonchev–Trinajstić information content (AvgIpc) is 2.47. The zero-order valence-electron chi connectivity index (χ0n) is 12.1. The predicted molar refractivity (Wildman–Crippen MR) is 88.8 cm³/mol. The van der Waals surface area contributed by atoms with Crippen LogP contribution in [-0.2, 0) is 13.2 Å². The summed E-state index contributed by atoms with van der Waals surface area (Å²) in [4.78, 5) is 0. The quantitative estimate of drug-likeness (QED) is 0.867. The predicted octanol–water partition coefficient (Wildman–Crippen LogP) is 4.07. The molecule has 0 aliphatic heterocycles. The number of nitrogens with one attached hydrogen (secondary N) is 1. The minimum Gasteiger partial charge on any atom is -0.493 e. The Labute approximate surface area is 136 Å². The first-order valence-electron chi connectivity index (χ1n) is 6.42. The summed E-state index contributed by atoms with van der Waals surface area (Å²) >= 11 is 6.28. The van der Waals surface area contributed by atoms with Gasteiger partial charge in [-0.25, -0.2) is 0 Å². The second-order valence-corrected chi connectivity index (χ2v) is 4.82. The van der Waals surface area contributed by atoms with E-state index in [-0.39, 0.29) is 12.4 Å². The monoisotopic (exact) mass is 327 g/mol. The van der Waals surface area contributed by atoms with E-state index in [0.717, 1.165) is 17.7 Å². The molecule has 21 heavy (non-hydrogen) atoms. The fourth-order valence-corrected chi connectivity index (χ4v) is 2.24. The van der Waals surface area contributed by atoms with E-state index in [0.29, 0.717) is 23.1 Å². The highest BCUT2D eigenvalue weighted by Crippen LogP contribution is 2.36. The van der Waals surface area contributed by atoms with Crippen molar-refractivity contribution >= 4 is 24.0 Å². The van der Waals surface area contributed by atoms with Crippen molar-refractivity contribution in [3.8, 4) is 11.5 Å². The molecule has 0 saturated heterocycles. The molecule has 0 bridgehead atoms. The number of methoxy groups -OCH3 is 1. The van der Waals surface area contributed by atoms with Gasteiger partial charge in [-0.1, -0.05) is 41.9 Å². The number of benzene rings is 2. The molecule has 5 heteroatoms. The van der Waals surface area contributed by atoms with Crippen LogP contribution in [0.4, 0.5) is 0 Å². The summed E-state index contributed by atoms with van der Waals surface area (Å²) in [6.07, 6.45) is 0. The second-order valence-electron chi connectivity index (χ2n) is 4.41. The Kier molecular flexibility index (Phi) is 7.37. The van der Waals surface area contributed by atoms with E-state index in [9.17, 15) is 0 Å². The highest BCUT2D eigenvalue weighted by atomic mass is 35.5. The fraction of sp³-hybridized carbons (Fsp3) is 0.250. The van der Waals surface area contributed by atoms with Crippen LogP contribution in [0.2, 0.25) is 5.02 Å². The summed E-state index contributed by atoms with van der Waals surface area (Å²) in [6.45, 7) is 1.19. The molecule has 1 N–H and O–H groups in total. The van der Waals surface area contributed by atoms with Crippen molar-refractivity contribution in [3.05, 3.63) is 58.6 Å². The molecule has 0 spiro atoms. The molecule has 0 radical (unpaired) electrons. The van der Waals surface area contributed by atoms with Crippen molar-refractivity contribution < 1.29 is 9.47 Å². The van der Waals surface area contributed by atoms with Crippen molar-refractivity contribution in [2.75, 3.05) is 14.2 Å². The number of ether oxygens (including phenoxy) is 2. The average molecular weight is 328 g/mol. The molecule has 2 aromatic carbocycles. The third kappa shape index (κ3) is 4.81. The van der Waals surface area contributed by atoms with E-state index >= 15 is 0 Å². The largest absolute Gasteiger partial charge is 0.493 e. The van der Waals surface area contributed by atoms with E-state index in [1.165, 1.54) is 0 Å². The van der Waals surface area contributed by atoms with Crippen LogP contribution in [0.25, 0.3) is 0 Å². The van der Waals surface area contributed by atoms with Gasteiger partial charge in [0.2, 0.25) is 0 Å². The van der Waals surface area contributed by atoms with Gasteiger partial charge in [-0.05, 0) is 30.3 Å². The van der Waals surface area contributed by atoms with Crippen LogP contribution in [0.5, 0.6) is 11.5 Å². The van der Waals surface area contributed by atoms with Crippen molar-refractivity contribution in [2.24, 2.45) is 0 Å². The lowest BCUT2D eigenvalue weighted by atomic mass is 10.2. The third-order valence-electron chi connectivity index (χ3n) is 2.90. The lowest BCUT2D eigenvalue weighted by Gasteiger charge is -2.14. The number of hydrogen-bond acceptors (Lipinski definition) is 3. The van der Waals surface area contributed by atoms with Crippen LogP contribution in [0.15, 0.2) is 42.5 Å². The molecule has 0 heterocycles. The van der Waals surface area contributed by atoms with Gasteiger partial charge in [0, 0.05) is 6.54 Å². The van der Waals surface area contributed by atoms with Gasteiger partial charge in [-0.15, -0.1) is 12.4 Å². The molecular weight excluding hydrogens is 309 g/mol. The van der Waals surface area contributed by atoms with Crippen LogP contribution in [-0.4, -0.2) is 14.2 Å². The van der Waals surface area contributed by atoms with E-state index in [2.05, 4.69) is 5.32 Å². The van der Waals surface area contributed by atoms with Crippen molar-refractivity contribution in [1.29, 1.82) is 0 Å². The molecule has 114 valence electrons. The Morgan fingerprint density at radius 2 is 1.81 bits per heavy atom. The van der Waals surface area contributed by atoms with Gasteiger partial charge in [0.25, 0.3) is 0 Å². The highest BCUT2D eigenvalue weighted by Gasteiger charge is 2.12. The Morgan fingerprint density at radius 1 is 1.10 bits per heavy atom. The van der Waals surface area contributed by atoms with Gasteiger partial charge in [0.1, 0.15) is 6.61 Å². The second kappa shape index (κ2) is 8.78. The minimum absolute atomic E-state index is 0. The van der Waals surface area contributed by atoms with Crippen molar-refractivity contribution in [2.45, 2.75) is 13.2 Å². The maximum atomic E-state index is 6.28. The molecule has 0 amide bonds. The molecule has 0 aromatic heterocycles. The summed E-state index contributed by atoms with van der Waals surface area (Å²) in [5, 5.41) is 3.65. The van der Waals surface area contributed by atoms with Crippen LogP contribution in [0, 0.1) is 0 Å². The SMILES string of the molecule is CNCc1cc(Cl)c(OCc2ccccc2)c(OC)c1.Cl. The molecule has 0 aliphatic carbocycles. The maximum Gasteiger partial charge on any atom is 0.180 e. The normalized spacial score (nSPS) is 9.86. The van der Waals surface area contributed by atoms with E-state index < -0.39 is 0 Å². The van der Waals surface area contributed by atoms with Crippen molar-refractivity contribution in [3.63, 3.8) is 0 Å². The van der Waals surface area contributed by atoms with E-state index in [4.69, 9.17) is 21.1 Å². The number of halogens is 2. The molecule has 0 fully saturated rings. The summed E-state index contributed by atoms with van der Waals surface area (Å²) in [6, 6.07) is 13.8. The van der Waals surface area contributed by atoms with Crippen molar-refractivity contribution in [1.82, 2.24) is 5.32 Å². The summed E-state index contributed by atoms with van der Waals surface area (Å²) < 4.78 is 11.2. The zero-order chi connectivity index (χ0) is 14.4. The number of hydrogen-bond donors (Lipinski definition) is 1. The summed E-state index contributed by atoms with van der Waals surface area (Å²) in [5.74, 6) is 1.23. The molecule has 0 atom stereocenters. The first-order valence-corrected chi connectivity index (χ1v) is 6.80. The van der Waals surface area contributed by atoms with E-state index in [1.807, 2.05) is 49.5 Å². The molecule has 2 rings (SSSR count). The fourth-order valence-electron chi connectivity index (χ4n) is 1.95. The third-order valence-corrected chi connectivity index (χ3v) is 3.18. The van der Waals surface area contributed by atoms with Crippen LogP contribution in [0.3, 0.4) is 0 Å². The number of rotatable bonds is 6. The molecular formula is C16H19Cl2NO2. The lowest BCUT2D eigenvalue weighted by molar-refractivity contribution is 0.284. The van der Waals surface area contributed by atoms with Gasteiger partial charge in [0.15, 0.2) is 11.5 Å². The molecule has 2 aromatic rings. The van der Waals surface area contributed by atoms with Crippen LogP contribution >= 0.6 is 24.0 Å². The topological polar surface area (TPSA) is 30.5 Å².